The van der Waals surface area contributed by atoms with Crippen LogP contribution < -0.4 is 5.73 Å². The maximum Gasteiger partial charge on any atom is 0.406 e. The summed E-state index contributed by atoms with van der Waals surface area (Å²) in [7, 11) is 0. The van der Waals surface area contributed by atoms with Crippen LogP contribution in [0.25, 0.3) is 0 Å². The van der Waals surface area contributed by atoms with E-state index < -0.39 is 24.0 Å². The van der Waals surface area contributed by atoms with E-state index in [1.165, 1.54) is 6.92 Å². The van der Waals surface area contributed by atoms with Gasteiger partial charge in [0.25, 0.3) is 0 Å². The predicted octanol–water partition coefficient (Wildman–Crippen LogP) is 2.49. The second-order valence-electron chi connectivity index (χ2n) is 4.39. The van der Waals surface area contributed by atoms with Crippen LogP contribution in [0.4, 0.5) is 13.2 Å². The van der Waals surface area contributed by atoms with E-state index in [9.17, 15) is 18.0 Å². The Morgan fingerprint density at radius 3 is 2.11 bits per heavy atom. The molecule has 0 aliphatic rings. The molecule has 0 radical (unpaired) electrons. The van der Waals surface area contributed by atoms with E-state index in [1.807, 2.05) is 0 Å². The lowest BCUT2D eigenvalue weighted by Crippen LogP contribution is -2.51. The van der Waals surface area contributed by atoms with Gasteiger partial charge in [0.2, 0.25) is 5.91 Å². The number of thiocarbonyl (C=S) groups is 1. The van der Waals surface area contributed by atoms with Crippen molar-refractivity contribution in [1.82, 2.24) is 4.90 Å². The fourth-order valence-electron chi connectivity index (χ4n) is 1.52. The quantitative estimate of drug-likeness (QED) is 0.762. The van der Waals surface area contributed by atoms with Gasteiger partial charge in [0.05, 0.1) is 10.4 Å². The summed E-state index contributed by atoms with van der Waals surface area (Å²) in [6, 6.07) is 0. The Hall–Kier alpha value is -0.850. The SMILES string of the molecule is CCCN(CC(F)(F)F)C(=O)C(C)(CC)C(N)=S. The number of carbonyl (C=O) groups excluding carboxylic acids is 1. The van der Waals surface area contributed by atoms with Gasteiger partial charge in [-0.25, -0.2) is 0 Å². The number of nitrogens with two attached hydrogens (primary N) is 1. The Kier molecular flexibility index (Phi) is 6.06. The smallest absolute Gasteiger partial charge is 0.392 e. The van der Waals surface area contributed by atoms with Crippen molar-refractivity contribution in [2.45, 2.75) is 39.8 Å². The van der Waals surface area contributed by atoms with Gasteiger partial charge >= 0.3 is 6.18 Å². The molecule has 0 spiro atoms. The van der Waals surface area contributed by atoms with Gasteiger partial charge < -0.3 is 10.6 Å². The van der Waals surface area contributed by atoms with Crippen molar-refractivity contribution in [2.24, 2.45) is 11.1 Å². The number of carbonyl (C=O) groups is 1. The van der Waals surface area contributed by atoms with Gasteiger partial charge in [-0.1, -0.05) is 26.1 Å². The van der Waals surface area contributed by atoms with Crippen LogP contribution in [-0.2, 0) is 4.79 Å². The summed E-state index contributed by atoms with van der Waals surface area (Å²) < 4.78 is 37.3. The van der Waals surface area contributed by atoms with Crippen molar-refractivity contribution >= 4 is 23.1 Å². The molecule has 0 rings (SSSR count). The van der Waals surface area contributed by atoms with Crippen molar-refractivity contribution < 1.29 is 18.0 Å². The third-order valence-electron chi connectivity index (χ3n) is 2.87. The molecule has 106 valence electrons. The predicted molar refractivity (Wildman–Crippen MR) is 68.1 cm³/mol. The lowest BCUT2D eigenvalue weighted by Gasteiger charge is -2.33. The fourth-order valence-corrected chi connectivity index (χ4v) is 1.75. The number of nitrogens with zero attached hydrogens (tertiary/aromatic N) is 1. The van der Waals surface area contributed by atoms with Gasteiger partial charge in [-0.15, -0.1) is 0 Å². The fraction of sp³-hybridized carbons (Fsp3) is 0.818. The minimum Gasteiger partial charge on any atom is -0.392 e. The van der Waals surface area contributed by atoms with Crippen molar-refractivity contribution in [3.8, 4) is 0 Å². The highest BCUT2D eigenvalue weighted by molar-refractivity contribution is 7.80. The summed E-state index contributed by atoms with van der Waals surface area (Å²) in [5, 5.41) is 0. The monoisotopic (exact) mass is 284 g/mol. The van der Waals surface area contributed by atoms with Gasteiger partial charge in [-0.05, 0) is 19.8 Å². The van der Waals surface area contributed by atoms with Gasteiger partial charge in [0, 0.05) is 6.54 Å². The minimum absolute atomic E-state index is 0.0382. The number of halogens is 3. The zero-order chi connectivity index (χ0) is 14.6. The van der Waals surface area contributed by atoms with E-state index in [4.69, 9.17) is 18.0 Å². The number of rotatable bonds is 6. The first-order valence-electron chi connectivity index (χ1n) is 5.74. The van der Waals surface area contributed by atoms with E-state index in [2.05, 4.69) is 0 Å². The second kappa shape index (κ2) is 6.36. The van der Waals surface area contributed by atoms with Gasteiger partial charge in [-0.3, -0.25) is 4.79 Å². The Labute approximate surface area is 111 Å². The normalized spacial score (nSPS) is 15.0. The lowest BCUT2D eigenvalue weighted by molar-refractivity contribution is -0.165. The molecule has 0 saturated heterocycles. The van der Waals surface area contributed by atoms with Gasteiger partial charge in [0.1, 0.15) is 6.54 Å². The molecular weight excluding hydrogens is 265 g/mol. The molecule has 0 aliphatic carbocycles. The summed E-state index contributed by atoms with van der Waals surface area (Å²) in [4.78, 5) is 12.9. The van der Waals surface area contributed by atoms with Crippen molar-refractivity contribution in [2.75, 3.05) is 13.1 Å². The zero-order valence-electron chi connectivity index (χ0n) is 10.8. The first-order valence-corrected chi connectivity index (χ1v) is 6.15. The summed E-state index contributed by atoms with van der Waals surface area (Å²) in [6.07, 6.45) is -3.70. The molecule has 0 aliphatic heterocycles. The summed E-state index contributed by atoms with van der Waals surface area (Å²) in [5.41, 5.74) is 4.27. The largest absolute Gasteiger partial charge is 0.406 e. The van der Waals surface area contributed by atoms with E-state index in [0.717, 1.165) is 4.90 Å². The van der Waals surface area contributed by atoms with Gasteiger partial charge in [-0.2, -0.15) is 13.2 Å². The molecule has 1 atom stereocenters. The molecule has 0 aromatic rings. The van der Waals surface area contributed by atoms with Gasteiger partial charge in [0.15, 0.2) is 0 Å². The minimum atomic E-state index is -4.42. The topological polar surface area (TPSA) is 46.3 Å². The highest BCUT2D eigenvalue weighted by Crippen LogP contribution is 2.27. The molecule has 0 aromatic heterocycles. The third kappa shape index (κ3) is 4.44. The molecule has 0 bridgehead atoms. The molecule has 2 N–H and O–H groups in total. The van der Waals surface area contributed by atoms with Crippen LogP contribution in [0.1, 0.15) is 33.6 Å². The maximum atomic E-state index is 12.4. The van der Waals surface area contributed by atoms with Crippen LogP contribution in [0.5, 0.6) is 0 Å². The molecule has 1 amide bonds. The van der Waals surface area contributed by atoms with Crippen LogP contribution in [0, 0.1) is 5.41 Å². The highest BCUT2D eigenvalue weighted by Gasteiger charge is 2.41. The average molecular weight is 284 g/mol. The van der Waals surface area contributed by atoms with Crippen molar-refractivity contribution in [3.05, 3.63) is 0 Å². The maximum absolute atomic E-state index is 12.4. The van der Waals surface area contributed by atoms with Crippen LogP contribution >= 0.6 is 12.2 Å². The highest BCUT2D eigenvalue weighted by atomic mass is 32.1. The lowest BCUT2D eigenvalue weighted by atomic mass is 9.85. The Morgan fingerprint density at radius 2 is 1.83 bits per heavy atom. The number of hydrogen-bond acceptors (Lipinski definition) is 2. The summed E-state index contributed by atoms with van der Waals surface area (Å²) in [6.45, 7) is 3.64. The standard InChI is InChI=1S/C11H19F3N2OS/c1-4-6-16(7-11(12,13)14)9(17)10(3,5-2)8(15)18/h4-7H2,1-3H3,(H2,15,18). The molecule has 1 unspecified atom stereocenters. The first kappa shape index (κ1) is 17.2. The molecule has 18 heavy (non-hydrogen) atoms. The zero-order valence-corrected chi connectivity index (χ0v) is 11.6. The molecule has 3 nitrogen and oxygen atoms in total. The number of amides is 1. The van der Waals surface area contributed by atoms with Crippen molar-refractivity contribution in [1.29, 1.82) is 0 Å². The first-order chi connectivity index (χ1) is 8.08. The van der Waals surface area contributed by atoms with Crippen LogP contribution in [0.15, 0.2) is 0 Å². The summed E-state index contributed by atoms with van der Waals surface area (Å²) in [5.74, 6) is -0.656. The number of alkyl halides is 3. The van der Waals surface area contributed by atoms with E-state index in [0.29, 0.717) is 6.42 Å². The van der Waals surface area contributed by atoms with Crippen molar-refractivity contribution in [3.63, 3.8) is 0 Å². The molecule has 0 fully saturated rings. The van der Waals surface area contributed by atoms with Crippen LogP contribution in [0.2, 0.25) is 0 Å². The molecule has 0 heterocycles. The molecule has 7 heteroatoms. The second-order valence-corrected chi connectivity index (χ2v) is 4.83. The Bertz CT molecular complexity index is 320. The third-order valence-corrected chi connectivity index (χ3v) is 3.32. The van der Waals surface area contributed by atoms with E-state index >= 15 is 0 Å². The van der Waals surface area contributed by atoms with E-state index in [-0.39, 0.29) is 18.0 Å². The molecular formula is C11H19F3N2OS. The number of hydrogen-bond donors (Lipinski definition) is 1. The van der Waals surface area contributed by atoms with E-state index in [1.54, 1.807) is 13.8 Å². The Morgan fingerprint density at radius 1 is 1.33 bits per heavy atom. The Balaban J connectivity index is 5.12. The van der Waals surface area contributed by atoms with Crippen LogP contribution in [-0.4, -0.2) is 35.1 Å². The summed E-state index contributed by atoms with van der Waals surface area (Å²) >= 11 is 4.80. The molecule has 0 aromatic carbocycles. The average Bonchev–Trinajstić information content (AvgIpc) is 2.24. The van der Waals surface area contributed by atoms with Crippen LogP contribution in [0.3, 0.4) is 0 Å². The molecule has 0 saturated carbocycles.